The number of benzene rings is 2. The molecule has 0 unspecified atom stereocenters. The second-order valence-electron chi connectivity index (χ2n) is 13.0. The maximum atomic E-state index is 14.4. The molecule has 11 nitrogen and oxygen atoms in total. The first-order valence-corrected chi connectivity index (χ1v) is 17.2. The molecule has 0 aliphatic carbocycles. The van der Waals surface area contributed by atoms with Crippen LogP contribution in [0.4, 0.5) is 4.39 Å². The number of ether oxygens (including phenoxy) is 2. The van der Waals surface area contributed by atoms with Crippen molar-refractivity contribution in [2.24, 2.45) is 5.41 Å². The van der Waals surface area contributed by atoms with Crippen LogP contribution < -0.4 is 15.6 Å². The van der Waals surface area contributed by atoms with Gasteiger partial charge < -0.3 is 19.7 Å². The molecule has 12 heteroatoms. The number of nitrogens with one attached hydrogen (secondary N) is 2. The Morgan fingerprint density at radius 2 is 1.78 bits per heavy atom. The summed E-state index contributed by atoms with van der Waals surface area (Å²) in [5, 5.41) is 9.01. The van der Waals surface area contributed by atoms with Gasteiger partial charge in [-0.05, 0) is 107 Å². The van der Waals surface area contributed by atoms with E-state index in [0.717, 1.165) is 25.9 Å². The summed E-state index contributed by atoms with van der Waals surface area (Å²) >= 11 is 0. The Morgan fingerprint density at radius 1 is 1.06 bits per heavy atom. The smallest absolute Gasteiger partial charge is 0.314 e. The summed E-state index contributed by atoms with van der Waals surface area (Å²) in [5.41, 5.74) is 0.0362. The third-order valence-electron chi connectivity index (χ3n) is 9.98. The molecular weight excluding hydrogens is 629 g/mol. The van der Waals surface area contributed by atoms with Crippen LogP contribution in [0.15, 0.2) is 59.4 Å². The van der Waals surface area contributed by atoms with Gasteiger partial charge in [0.15, 0.2) is 5.75 Å². The lowest BCUT2D eigenvalue weighted by molar-refractivity contribution is -0.163. The van der Waals surface area contributed by atoms with Gasteiger partial charge >= 0.3 is 11.5 Å². The molecule has 3 atom stereocenters. The monoisotopic (exact) mass is 675 g/mol. The van der Waals surface area contributed by atoms with Gasteiger partial charge in [-0.3, -0.25) is 24.1 Å². The van der Waals surface area contributed by atoms with Crippen molar-refractivity contribution in [3.8, 4) is 11.5 Å². The van der Waals surface area contributed by atoms with Gasteiger partial charge in [-0.2, -0.15) is 5.10 Å². The fourth-order valence-corrected chi connectivity index (χ4v) is 7.19. The quantitative estimate of drug-likeness (QED) is 0.233. The van der Waals surface area contributed by atoms with E-state index in [1.165, 1.54) is 30.3 Å². The van der Waals surface area contributed by atoms with Crippen LogP contribution in [0.5, 0.6) is 11.5 Å². The summed E-state index contributed by atoms with van der Waals surface area (Å²) < 4.78 is 26.0. The van der Waals surface area contributed by atoms with E-state index in [1.807, 2.05) is 13.8 Å². The van der Waals surface area contributed by atoms with Crippen molar-refractivity contribution in [2.45, 2.75) is 84.3 Å². The number of hydrogen-bond donors (Lipinski definition) is 2. The van der Waals surface area contributed by atoms with Crippen LogP contribution in [-0.4, -0.2) is 76.1 Å². The average Bonchev–Trinajstić information content (AvgIpc) is 3.78. The lowest BCUT2D eigenvalue weighted by Gasteiger charge is -2.43. The average molecular weight is 676 g/mol. The largest absolute Gasteiger partial charge is 0.464 e. The molecule has 5 rings (SSSR count). The van der Waals surface area contributed by atoms with Gasteiger partial charge in [-0.1, -0.05) is 26.0 Å². The van der Waals surface area contributed by atoms with E-state index in [4.69, 9.17) is 9.47 Å². The molecule has 2 aliphatic rings. The van der Waals surface area contributed by atoms with Crippen molar-refractivity contribution < 1.29 is 28.2 Å². The lowest BCUT2D eigenvalue weighted by Crippen LogP contribution is -2.56. The molecule has 262 valence electrons. The number of aromatic nitrogens is 2. The van der Waals surface area contributed by atoms with Crippen LogP contribution in [-0.2, 0) is 14.3 Å². The molecule has 3 aromatic rings. The molecular formula is C37H46FN5O6. The number of carbonyl (C=O) groups excluding carboxylic acids is 3. The molecule has 2 aliphatic heterocycles. The number of halogens is 1. The number of rotatable bonds is 13. The minimum absolute atomic E-state index is 0.0719. The molecule has 0 bridgehead atoms. The number of carbonyl (C=O) groups is 3. The molecule has 1 aromatic heterocycles. The highest BCUT2D eigenvalue weighted by molar-refractivity contribution is 5.97. The summed E-state index contributed by atoms with van der Waals surface area (Å²) in [6.07, 6.45) is 4.26. The fourth-order valence-electron chi connectivity index (χ4n) is 7.19. The Hall–Kier alpha value is -4.58. The zero-order valence-electron chi connectivity index (χ0n) is 28.7. The second-order valence-corrected chi connectivity index (χ2v) is 13.0. The fraction of sp³-hybridized carbons (Fsp3) is 0.486. The van der Waals surface area contributed by atoms with Gasteiger partial charge in [0.25, 0.3) is 5.91 Å². The number of likely N-dealkylation sites (tertiary alicyclic amines) is 2. The van der Waals surface area contributed by atoms with E-state index in [-0.39, 0.29) is 29.8 Å². The highest BCUT2D eigenvalue weighted by Gasteiger charge is 2.53. The van der Waals surface area contributed by atoms with Crippen molar-refractivity contribution in [1.29, 1.82) is 0 Å². The summed E-state index contributed by atoms with van der Waals surface area (Å²) in [6.45, 7) is 10.2. The molecule has 0 saturated carbocycles. The maximum Gasteiger partial charge on any atom is 0.314 e. The SMILES string of the molecule is CCC(CC)(C(=O)OCCN1CCCC1)[C@H]1CC[C@@H](c2cccc(F)c2)N1C(=O)[C@@H](C)NC(=O)c1ccc(Oc2cc(C)n[nH]c2=O)cc1. The molecule has 2 saturated heterocycles. The Kier molecular flexibility index (Phi) is 11.5. The second kappa shape index (κ2) is 15.8. The number of H-pyrrole nitrogens is 1. The first-order valence-electron chi connectivity index (χ1n) is 17.2. The molecule has 3 heterocycles. The van der Waals surface area contributed by atoms with E-state index in [0.29, 0.717) is 49.2 Å². The first kappa shape index (κ1) is 35.7. The van der Waals surface area contributed by atoms with E-state index in [9.17, 15) is 23.6 Å². The van der Waals surface area contributed by atoms with Gasteiger partial charge in [0.2, 0.25) is 5.91 Å². The molecule has 2 N–H and O–H groups in total. The van der Waals surface area contributed by atoms with Crippen LogP contribution in [0.25, 0.3) is 0 Å². The number of esters is 1. The van der Waals surface area contributed by atoms with Gasteiger partial charge in [-0.15, -0.1) is 0 Å². The van der Waals surface area contributed by atoms with Gasteiger partial charge in [0, 0.05) is 24.2 Å². The zero-order valence-corrected chi connectivity index (χ0v) is 28.7. The highest BCUT2D eigenvalue weighted by Crippen LogP contribution is 2.47. The lowest BCUT2D eigenvalue weighted by atomic mass is 9.74. The molecule has 0 spiro atoms. The van der Waals surface area contributed by atoms with Crippen molar-refractivity contribution in [1.82, 2.24) is 25.3 Å². The van der Waals surface area contributed by atoms with Gasteiger partial charge in [0.05, 0.1) is 17.2 Å². The normalized spacial score (nSPS) is 18.7. The number of aryl methyl sites for hydroxylation is 1. The summed E-state index contributed by atoms with van der Waals surface area (Å²) in [6, 6.07) is 11.9. The molecule has 49 heavy (non-hydrogen) atoms. The Labute approximate surface area is 286 Å². The third kappa shape index (κ3) is 8.01. The van der Waals surface area contributed by atoms with Gasteiger partial charge in [-0.25, -0.2) is 9.49 Å². The standard InChI is InChI=1S/C37H46FN5O6/c1-5-37(6-2,36(47)48-21-20-42-18-7-8-19-42)32-17-16-30(27-10-9-11-28(38)23-27)43(32)35(46)25(4)39-33(44)26-12-14-29(15-13-26)49-31-22-24(3)40-41-34(31)45/h9-15,22-23,25,30,32H,5-8,16-21H2,1-4H3,(H,39,44)(H,41,45)/t25-,30+,32-/m1/s1. The van der Waals surface area contributed by atoms with Crippen LogP contribution in [0.1, 0.15) is 87.0 Å². The molecule has 2 amide bonds. The predicted molar refractivity (Wildman–Crippen MR) is 182 cm³/mol. The number of hydrogen-bond acceptors (Lipinski definition) is 8. The number of aromatic amines is 1. The molecule has 0 radical (unpaired) electrons. The number of amides is 2. The van der Waals surface area contributed by atoms with E-state index >= 15 is 0 Å². The Bertz CT molecular complexity index is 1680. The molecule has 2 aromatic carbocycles. The van der Waals surface area contributed by atoms with Crippen LogP contribution in [0.2, 0.25) is 0 Å². The molecule has 2 fully saturated rings. The van der Waals surface area contributed by atoms with E-state index in [1.54, 1.807) is 43.0 Å². The maximum absolute atomic E-state index is 14.4. The van der Waals surface area contributed by atoms with Crippen LogP contribution >= 0.6 is 0 Å². The van der Waals surface area contributed by atoms with Crippen LogP contribution in [0, 0.1) is 18.2 Å². The minimum Gasteiger partial charge on any atom is -0.464 e. The first-order chi connectivity index (χ1) is 23.6. The van der Waals surface area contributed by atoms with Crippen molar-refractivity contribution in [2.75, 3.05) is 26.2 Å². The number of nitrogens with zero attached hydrogens (tertiary/aromatic N) is 3. The van der Waals surface area contributed by atoms with Gasteiger partial charge in [0.1, 0.15) is 24.2 Å². The Morgan fingerprint density at radius 3 is 2.45 bits per heavy atom. The summed E-state index contributed by atoms with van der Waals surface area (Å²) in [7, 11) is 0. The van der Waals surface area contributed by atoms with Crippen LogP contribution in [0.3, 0.4) is 0 Å². The predicted octanol–water partition coefficient (Wildman–Crippen LogP) is 5.31. The van der Waals surface area contributed by atoms with Crippen molar-refractivity contribution in [3.63, 3.8) is 0 Å². The van der Waals surface area contributed by atoms with E-state index < -0.39 is 40.8 Å². The van der Waals surface area contributed by atoms with Crippen molar-refractivity contribution in [3.05, 3.63) is 87.6 Å². The topological polar surface area (TPSA) is 134 Å². The van der Waals surface area contributed by atoms with E-state index in [2.05, 4.69) is 20.4 Å². The highest BCUT2D eigenvalue weighted by atomic mass is 19.1. The third-order valence-corrected chi connectivity index (χ3v) is 9.98. The Balaban J connectivity index is 1.34. The summed E-state index contributed by atoms with van der Waals surface area (Å²) in [5.74, 6) is -1.18. The summed E-state index contributed by atoms with van der Waals surface area (Å²) in [4.78, 5) is 57.7. The van der Waals surface area contributed by atoms with Crippen molar-refractivity contribution >= 4 is 17.8 Å². The minimum atomic E-state index is -0.975. The zero-order chi connectivity index (χ0) is 35.1.